The van der Waals surface area contributed by atoms with Crippen LogP contribution < -0.4 is 19.1 Å². The fraction of sp³-hybridized carbons (Fsp3) is 0.310. The van der Waals surface area contributed by atoms with Gasteiger partial charge in [-0.15, -0.1) is 0 Å². The van der Waals surface area contributed by atoms with Crippen LogP contribution in [0.15, 0.2) is 77.7 Å². The lowest BCUT2D eigenvalue weighted by molar-refractivity contribution is -0.139. The number of amides is 2. The highest BCUT2D eigenvalue weighted by Gasteiger charge is 2.33. The van der Waals surface area contributed by atoms with Crippen LogP contribution in [0, 0.1) is 6.92 Å². The highest BCUT2D eigenvalue weighted by Crippen LogP contribution is 2.36. The van der Waals surface area contributed by atoms with Crippen molar-refractivity contribution >= 4 is 27.5 Å². The Morgan fingerprint density at radius 3 is 2.28 bits per heavy atom. The molecule has 0 aliphatic carbocycles. The van der Waals surface area contributed by atoms with Crippen molar-refractivity contribution in [2.75, 3.05) is 30.6 Å². The number of likely N-dealkylation sites (N-methyl/N-ethyl adjacent to an activating group) is 1. The molecule has 1 aliphatic rings. The Morgan fingerprint density at radius 1 is 0.949 bits per heavy atom. The van der Waals surface area contributed by atoms with E-state index >= 15 is 0 Å². The first-order valence-corrected chi connectivity index (χ1v) is 14.2. The Hall–Kier alpha value is -4.05. The average molecular weight is 552 g/mol. The van der Waals surface area contributed by atoms with Crippen LogP contribution in [0.4, 0.5) is 5.69 Å². The molecule has 1 heterocycles. The molecule has 0 bridgehead atoms. The largest absolute Gasteiger partial charge is 0.486 e. The third kappa shape index (κ3) is 6.51. The summed E-state index contributed by atoms with van der Waals surface area (Å²) in [6.45, 7) is 6.14. The van der Waals surface area contributed by atoms with E-state index in [-0.39, 0.29) is 23.0 Å². The molecule has 0 fully saturated rings. The van der Waals surface area contributed by atoms with Crippen LogP contribution in [0.3, 0.4) is 0 Å². The first-order valence-electron chi connectivity index (χ1n) is 12.8. The lowest BCUT2D eigenvalue weighted by Gasteiger charge is -2.32. The van der Waals surface area contributed by atoms with Crippen molar-refractivity contribution < 1.29 is 27.5 Å². The molecular weight excluding hydrogens is 518 g/mol. The van der Waals surface area contributed by atoms with Crippen molar-refractivity contribution in [2.24, 2.45) is 0 Å². The van der Waals surface area contributed by atoms with E-state index < -0.39 is 28.5 Å². The normalized spacial score (nSPS) is 13.3. The van der Waals surface area contributed by atoms with Gasteiger partial charge in [-0.05, 0) is 50.6 Å². The second-order valence-corrected chi connectivity index (χ2v) is 11.1. The molecule has 0 saturated carbocycles. The molecule has 1 unspecified atom stereocenters. The molecule has 0 radical (unpaired) electrons. The number of rotatable bonds is 10. The Balaban J connectivity index is 1.73. The van der Waals surface area contributed by atoms with Crippen LogP contribution in [0.5, 0.6) is 11.5 Å². The quantitative estimate of drug-likeness (QED) is 0.414. The summed E-state index contributed by atoms with van der Waals surface area (Å²) in [6, 6.07) is 19.5. The number of anilines is 1. The fourth-order valence-electron chi connectivity index (χ4n) is 4.23. The number of benzene rings is 3. The molecule has 1 N–H and O–H groups in total. The van der Waals surface area contributed by atoms with Crippen molar-refractivity contribution in [3.63, 3.8) is 0 Å². The monoisotopic (exact) mass is 551 g/mol. The summed E-state index contributed by atoms with van der Waals surface area (Å²) in [5, 5.41) is 2.76. The second kappa shape index (κ2) is 12.2. The van der Waals surface area contributed by atoms with Crippen molar-refractivity contribution in [1.82, 2.24) is 10.2 Å². The van der Waals surface area contributed by atoms with Crippen molar-refractivity contribution in [3.8, 4) is 11.5 Å². The van der Waals surface area contributed by atoms with Crippen molar-refractivity contribution in [3.05, 3.63) is 83.9 Å². The van der Waals surface area contributed by atoms with E-state index in [9.17, 15) is 18.0 Å². The summed E-state index contributed by atoms with van der Waals surface area (Å²) in [6.07, 6.45) is 0. The van der Waals surface area contributed by atoms with Crippen LogP contribution in [-0.4, -0.2) is 57.5 Å². The standard InChI is InChI=1S/C29H33N3O6S/c1-4-30-29(34)22(3)31(19-23-12-10-21(2)11-13-23)28(33)20-32(39(35,36)25-8-6-5-7-9-25)24-14-15-26-27(18-24)38-17-16-37-26/h5-15,18,22H,4,16-17,19-20H2,1-3H3,(H,30,34). The smallest absolute Gasteiger partial charge is 0.264 e. The SMILES string of the molecule is CCNC(=O)C(C)N(Cc1ccc(C)cc1)C(=O)CN(c1ccc2c(c1)OCCO2)S(=O)(=O)c1ccccc1. The number of nitrogens with zero attached hydrogens (tertiary/aromatic N) is 2. The Kier molecular flexibility index (Phi) is 8.75. The lowest BCUT2D eigenvalue weighted by Crippen LogP contribution is -2.51. The molecule has 2 amide bonds. The highest BCUT2D eigenvalue weighted by molar-refractivity contribution is 7.92. The van der Waals surface area contributed by atoms with Crippen LogP contribution >= 0.6 is 0 Å². The Morgan fingerprint density at radius 2 is 1.62 bits per heavy atom. The topological polar surface area (TPSA) is 105 Å². The van der Waals surface area contributed by atoms with E-state index in [0.717, 1.165) is 15.4 Å². The molecule has 9 nitrogen and oxygen atoms in total. The van der Waals surface area contributed by atoms with Crippen LogP contribution in [0.1, 0.15) is 25.0 Å². The molecule has 10 heteroatoms. The predicted molar refractivity (Wildman–Crippen MR) is 148 cm³/mol. The summed E-state index contributed by atoms with van der Waals surface area (Å²) in [5.41, 5.74) is 2.13. The molecule has 0 aromatic heterocycles. The number of aryl methyl sites for hydroxylation is 1. The third-order valence-electron chi connectivity index (χ3n) is 6.42. The first-order chi connectivity index (χ1) is 18.7. The van der Waals surface area contributed by atoms with Gasteiger partial charge in [0, 0.05) is 19.2 Å². The Bertz CT molecular complexity index is 1410. The molecule has 0 saturated heterocycles. The number of hydrogen-bond acceptors (Lipinski definition) is 6. The number of sulfonamides is 1. The average Bonchev–Trinajstić information content (AvgIpc) is 2.95. The minimum absolute atomic E-state index is 0.0366. The maximum atomic E-state index is 13.9. The summed E-state index contributed by atoms with van der Waals surface area (Å²) in [4.78, 5) is 28.1. The van der Waals surface area contributed by atoms with Crippen molar-refractivity contribution in [1.29, 1.82) is 0 Å². The summed E-state index contributed by atoms with van der Waals surface area (Å²) in [5.74, 6) is 0.0457. The van der Waals surface area contributed by atoms with Gasteiger partial charge in [0.2, 0.25) is 11.8 Å². The van der Waals surface area contributed by atoms with E-state index in [1.165, 1.54) is 17.0 Å². The van der Waals surface area contributed by atoms with Gasteiger partial charge in [0.05, 0.1) is 10.6 Å². The zero-order chi connectivity index (χ0) is 28.0. The number of carbonyl (C=O) groups excluding carboxylic acids is 2. The number of ether oxygens (including phenoxy) is 2. The second-order valence-electron chi connectivity index (χ2n) is 9.23. The zero-order valence-corrected chi connectivity index (χ0v) is 23.1. The molecular formula is C29H33N3O6S. The molecule has 3 aromatic rings. The maximum Gasteiger partial charge on any atom is 0.264 e. The van der Waals surface area contributed by atoms with Crippen molar-refractivity contribution in [2.45, 2.75) is 38.3 Å². The lowest BCUT2D eigenvalue weighted by atomic mass is 10.1. The number of nitrogens with one attached hydrogen (secondary N) is 1. The molecule has 1 atom stereocenters. The molecule has 3 aromatic carbocycles. The van der Waals surface area contributed by atoms with Gasteiger partial charge in [0.25, 0.3) is 10.0 Å². The molecule has 206 valence electrons. The zero-order valence-electron chi connectivity index (χ0n) is 22.3. The highest BCUT2D eigenvalue weighted by atomic mass is 32.2. The summed E-state index contributed by atoms with van der Waals surface area (Å²) in [7, 11) is -4.15. The van der Waals surface area contributed by atoms with Gasteiger partial charge in [0.1, 0.15) is 25.8 Å². The molecule has 39 heavy (non-hydrogen) atoms. The van der Waals surface area contributed by atoms with E-state index in [1.54, 1.807) is 50.2 Å². The number of fused-ring (bicyclic) bond motifs is 1. The van der Waals surface area contributed by atoms with Crippen LogP contribution in [0.2, 0.25) is 0 Å². The molecule has 4 rings (SSSR count). The van der Waals surface area contributed by atoms with E-state index in [1.807, 2.05) is 31.2 Å². The minimum atomic E-state index is -4.15. The van der Waals surface area contributed by atoms with Gasteiger partial charge >= 0.3 is 0 Å². The predicted octanol–water partition coefficient (Wildman–Crippen LogP) is 3.51. The van der Waals surface area contributed by atoms with Gasteiger partial charge < -0.3 is 19.7 Å². The summed E-state index contributed by atoms with van der Waals surface area (Å²) >= 11 is 0. The van der Waals surface area contributed by atoms with E-state index in [2.05, 4.69) is 5.32 Å². The Labute approximate surface area is 229 Å². The van der Waals surface area contributed by atoms with Gasteiger partial charge in [0.15, 0.2) is 11.5 Å². The van der Waals surface area contributed by atoms with Gasteiger partial charge in [-0.3, -0.25) is 13.9 Å². The van der Waals surface area contributed by atoms with Gasteiger partial charge in [-0.2, -0.15) is 0 Å². The molecule has 0 spiro atoms. The fourth-order valence-corrected chi connectivity index (χ4v) is 5.66. The maximum absolute atomic E-state index is 13.9. The first kappa shape index (κ1) is 28.0. The number of carbonyl (C=O) groups is 2. The van der Waals surface area contributed by atoms with E-state index in [0.29, 0.717) is 31.3 Å². The summed E-state index contributed by atoms with van der Waals surface area (Å²) < 4.78 is 40.0. The van der Waals surface area contributed by atoms with Crippen LogP contribution in [0.25, 0.3) is 0 Å². The van der Waals surface area contributed by atoms with E-state index in [4.69, 9.17) is 9.47 Å². The molecule has 1 aliphatic heterocycles. The van der Waals surface area contributed by atoms with Gasteiger partial charge in [-0.1, -0.05) is 48.0 Å². The van der Waals surface area contributed by atoms with Gasteiger partial charge in [-0.25, -0.2) is 8.42 Å². The minimum Gasteiger partial charge on any atom is -0.486 e. The number of hydrogen-bond donors (Lipinski definition) is 1. The van der Waals surface area contributed by atoms with Crippen LogP contribution in [-0.2, 0) is 26.2 Å². The third-order valence-corrected chi connectivity index (χ3v) is 8.20.